The Bertz CT molecular complexity index is 620. The Morgan fingerprint density at radius 2 is 1.85 bits per heavy atom. The number of ether oxygens (including phenoxy) is 1. The Kier molecular flexibility index (Phi) is 4.41. The standard InChI is InChI=1S/C17H19NO2/c1-4-20-16-11-6-5-10-15(16)18-17(19)14-9-7-8-12(2)13(14)3/h5-11H,4H2,1-3H3,(H,18,19). The summed E-state index contributed by atoms with van der Waals surface area (Å²) < 4.78 is 5.51. The van der Waals surface area contributed by atoms with Crippen molar-refractivity contribution in [3.8, 4) is 5.75 Å². The lowest BCUT2D eigenvalue weighted by molar-refractivity contribution is 0.102. The molecule has 0 atom stereocenters. The Labute approximate surface area is 119 Å². The van der Waals surface area contributed by atoms with Crippen LogP contribution in [-0.4, -0.2) is 12.5 Å². The smallest absolute Gasteiger partial charge is 0.256 e. The maximum Gasteiger partial charge on any atom is 0.256 e. The first kappa shape index (κ1) is 14.1. The van der Waals surface area contributed by atoms with E-state index in [-0.39, 0.29) is 5.91 Å². The van der Waals surface area contributed by atoms with Gasteiger partial charge in [0.25, 0.3) is 5.91 Å². The molecule has 0 radical (unpaired) electrons. The van der Waals surface area contributed by atoms with Gasteiger partial charge in [-0.2, -0.15) is 0 Å². The molecule has 0 aliphatic carbocycles. The number of carbonyl (C=O) groups excluding carboxylic acids is 1. The van der Waals surface area contributed by atoms with Crippen LogP contribution >= 0.6 is 0 Å². The van der Waals surface area contributed by atoms with Crippen LogP contribution in [0.3, 0.4) is 0 Å². The van der Waals surface area contributed by atoms with Gasteiger partial charge < -0.3 is 10.1 Å². The van der Waals surface area contributed by atoms with Gasteiger partial charge in [-0.15, -0.1) is 0 Å². The Balaban J connectivity index is 2.26. The van der Waals surface area contributed by atoms with E-state index in [1.54, 1.807) is 0 Å². The zero-order valence-electron chi connectivity index (χ0n) is 12.1. The molecule has 2 aromatic carbocycles. The number of anilines is 1. The molecular weight excluding hydrogens is 250 g/mol. The summed E-state index contributed by atoms with van der Waals surface area (Å²) in [6.07, 6.45) is 0. The first-order chi connectivity index (χ1) is 9.63. The van der Waals surface area contributed by atoms with E-state index in [1.165, 1.54) is 0 Å². The maximum absolute atomic E-state index is 12.4. The lowest BCUT2D eigenvalue weighted by atomic mass is 10.0. The lowest BCUT2D eigenvalue weighted by Gasteiger charge is -2.13. The van der Waals surface area contributed by atoms with Gasteiger partial charge in [-0.25, -0.2) is 0 Å². The fourth-order valence-electron chi connectivity index (χ4n) is 2.04. The summed E-state index contributed by atoms with van der Waals surface area (Å²) >= 11 is 0. The second-order valence-corrected chi connectivity index (χ2v) is 4.63. The minimum Gasteiger partial charge on any atom is -0.492 e. The molecule has 1 amide bonds. The molecule has 2 aromatic rings. The van der Waals surface area contributed by atoms with Gasteiger partial charge in [0.2, 0.25) is 0 Å². The number of para-hydroxylation sites is 2. The largest absolute Gasteiger partial charge is 0.492 e. The molecule has 0 spiro atoms. The van der Waals surface area contributed by atoms with Crippen molar-refractivity contribution in [2.75, 3.05) is 11.9 Å². The van der Waals surface area contributed by atoms with Crippen molar-refractivity contribution in [1.29, 1.82) is 0 Å². The Morgan fingerprint density at radius 3 is 2.60 bits per heavy atom. The first-order valence-corrected chi connectivity index (χ1v) is 6.73. The molecule has 1 N–H and O–H groups in total. The molecule has 0 unspecified atom stereocenters. The van der Waals surface area contributed by atoms with Crippen LogP contribution in [-0.2, 0) is 0 Å². The van der Waals surface area contributed by atoms with Crippen molar-refractivity contribution in [2.24, 2.45) is 0 Å². The van der Waals surface area contributed by atoms with Gasteiger partial charge in [0.15, 0.2) is 0 Å². The fourth-order valence-corrected chi connectivity index (χ4v) is 2.04. The molecule has 0 aromatic heterocycles. The third kappa shape index (κ3) is 2.99. The highest BCUT2D eigenvalue weighted by atomic mass is 16.5. The van der Waals surface area contributed by atoms with E-state index < -0.39 is 0 Å². The van der Waals surface area contributed by atoms with Crippen LogP contribution in [0.15, 0.2) is 42.5 Å². The molecule has 104 valence electrons. The van der Waals surface area contributed by atoms with Gasteiger partial charge in [-0.1, -0.05) is 24.3 Å². The third-order valence-electron chi connectivity index (χ3n) is 3.28. The number of hydrogen-bond donors (Lipinski definition) is 1. The molecule has 0 aliphatic rings. The van der Waals surface area contributed by atoms with Crippen LogP contribution in [0.2, 0.25) is 0 Å². The van der Waals surface area contributed by atoms with Crippen molar-refractivity contribution in [3.05, 3.63) is 59.2 Å². The number of amides is 1. The summed E-state index contributed by atoms with van der Waals surface area (Å²) in [5, 5.41) is 2.92. The van der Waals surface area contributed by atoms with Crippen LogP contribution in [0.4, 0.5) is 5.69 Å². The van der Waals surface area contributed by atoms with Crippen molar-refractivity contribution >= 4 is 11.6 Å². The SMILES string of the molecule is CCOc1ccccc1NC(=O)c1cccc(C)c1C. The summed E-state index contributed by atoms with van der Waals surface area (Å²) in [5.74, 6) is 0.576. The van der Waals surface area contributed by atoms with E-state index in [9.17, 15) is 4.79 Å². The molecule has 0 bridgehead atoms. The van der Waals surface area contributed by atoms with Gasteiger partial charge in [0, 0.05) is 5.56 Å². The number of carbonyl (C=O) groups is 1. The van der Waals surface area contributed by atoms with Gasteiger partial charge in [-0.05, 0) is 50.1 Å². The quantitative estimate of drug-likeness (QED) is 0.912. The summed E-state index contributed by atoms with van der Waals surface area (Å²) in [7, 11) is 0. The predicted octanol–water partition coefficient (Wildman–Crippen LogP) is 3.95. The molecule has 3 heteroatoms. The predicted molar refractivity (Wildman–Crippen MR) is 81.5 cm³/mol. The third-order valence-corrected chi connectivity index (χ3v) is 3.28. The molecule has 2 rings (SSSR count). The minimum absolute atomic E-state index is 0.113. The molecule has 0 aliphatic heterocycles. The van der Waals surface area contributed by atoms with Gasteiger partial charge >= 0.3 is 0 Å². The molecule has 0 saturated carbocycles. The van der Waals surface area contributed by atoms with Crippen LogP contribution < -0.4 is 10.1 Å². The highest BCUT2D eigenvalue weighted by molar-refractivity contribution is 6.06. The van der Waals surface area contributed by atoms with Gasteiger partial charge in [0.05, 0.1) is 12.3 Å². The van der Waals surface area contributed by atoms with Crippen LogP contribution in [0.25, 0.3) is 0 Å². The topological polar surface area (TPSA) is 38.3 Å². The van der Waals surface area contributed by atoms with Gasteiger partial charge in [-0.3, -0.25) is 4.79 Å². The number of benzene rings is 2. The molecule has 0 heterocycles. The van der Waals surface area contributed by atoms with Crippen molar-refractivity contribution in [1.82, 2.24) is 0 Å². The van der Waals surface area contributed by atoms with Crippen molar-refractivity contribution in [2.45, 2.75) is 20.8 Å². The van der Waals surface area contributed by atoms with E-state index in [0.717, 1.165) is 11.1 Å². The lowest BCUT2D eigenvalue weighted by Crippen LogP contribution is -2.14. The van der Waals surface area contributed by atoms with Gasteiger partial charge in [0.1, 0.15) is 5.75 Å². The van der Waals surface area contributed by atoms with Crippen LogP contribution in [0.1, 0.15) is 28.4 Å². The number of aryl methyl sites for hydroxylation is 1. The van der Waals surface area contributed by atoms with Crippen molar-refractivity contribution in [3.63, 3.8) is 0 Å². The van der Waals surface area contributed by atoms with Crippen LogP contribution in [0, 0.1) is 13.8 Å². The normalized spacial score (nSPS) is 10.2. The zero-order valence-corrected chi connectivity index (χ0v) is 12.1. The second-order valence-electron chi connectivity index (χ2n) is 4.63. The highest BCUT2D eigenvalue weighted by Gasteiger charge is 2.12. The maximum atomic E-state index is 12.4. The molecule has 0 fully saturated rings. The van der Waals surface area contributed by atoms with E-state index in [2.05, 4.69) is 5.32 Å². The van der Waals surface area contributed by atoms with E-state index in [4.69, 9.17) is 4.74 Å². The summed E-state index contributed by atoms with van der Waals surface area (Å²) in [6, 6.07) is 13.2. The minimum atomic E-state index is -0.113. The summed E-state index contributed by atoms with van der Waals surface area (Å²) in [4.78, 5) is 12.4. The van der Waals surface area contributed by atoms with Crippen LogP contribution in [0.5, 0.6) is 5.75 Å². The van der Waals surface area contributed by atoms with E-state index in [0.29, 0.717) is 23.6 Å². The zero-order chi connectivity index (χ0) is 14.5. The van der Waals surface area contributed by atoms with Crippen molar-refractivity contribution < 1.29 is 9.53 Å². The number of rotatable bonds is 4. The fraction of sp³-hybridized carbons (Fsp3) is 0.235. The highest BCUT2D eigenvalue weighted by Crippen LogP contribution is 2.25. The Morgan fingerprint density at radius 1 is 1.10 bits per heavy atom. The van der Waals surface area contributed by atoms with E-state index in [1.807, 2.05) is 63.2 Å². The summed E-state index contributed by atoms with van der Waals surface area (Å²) in [5.41, 5.74) is 3.49. The molecule has 20 heavy (non-hydrogen) atoms. The molecule has 0 saturated heterocycles. The number of nitrogens with one attached hydrogen (secondary N) is 1. The number of hydrogen-bond acceptors (Lipinski definition) is 2. The molecular formula is C17H19NO2. The average Bonchev–Trinajstić information content (AvgIpc) is 2.44. The first-order valence-electron chi connectivity index (χ1n) is 6.73. The summed E-state index contributed by atoms with van der Waals surface area (Å²) in [6.45, 7) is 6.44. The monoisotopic (exact) mass is 269 g/mol. The average molecular weight is 269 g/mol. The van der Waals surface area contributed by atoms with E-state index >= 15 is 0 Å². The second kappa shape index (κ2) is 6.24. The molecule has 3 nitrogen and oxygen atoms in total. The Hall–Kier alpha value is -2.29.